The predicted molar refractivity (Wildman–Crippen MR) is 79.3 cm³/mol. The Morgan fingerprint density at radius 3 is 2.74 bits per heavy atom. The van der Waals surface area contributed by atoms with Crippen molar-refractivity contribution < 1.29 is 34.1 Å². The summed E-state index contributed by atoms with van der Waals surface area (Å²) in [4.78, 5) is 33.1. The van der Waals surface area contributed by atoms with Crippen molar-refractivity contribution in [2.24, 2.45) is 5.73 Å². The molecule has 0 bridgehead atoms. The standard InChI is InChI=1S/C11H14N3O7PS/c1-2-5-7(10(12)17)13-4-14(5)11-9(16)8(15)6(21-11)3-20-22(18,19)23/h1,4,6,8-9,11,15-16H,3H2,(H2,12,17)(H2,18,19,23)/t6-,8-,9-,11-/m1/s1. The molecule has 0 aliphatic carbocycles. The molecule has 2 rings (SSSR count). The van der Waals surface area contributed by atoms with Crippen LogP contribution < -0.4 is 5.73 Å². The average Bonchev–Trinajstić information content (AvgIpc) is 2.99. The highest BCUT2D eigenvalue weighted by Gasteiger charge is 2.45. The van der Waals surface area contributed by atoms with Gasteiger partial charge in [0, 0.05) is 0 Å². The van der Waals surface area contributed by atoms with E-state index < -0.39 is 43.8 Å². The third-order valence-electron chi connectivity index (χ3n) is 3.18. The van der Waals surface area contributed by atoms with Crippen molar-refractivity contribution in [3.63, 3.8) is 0 Å². The second-order valence-electron chi connectivity index (χ2n) is 4.69. The van der Waals surface area contributed by atoms with Crippen LogP contribution >= 0.6 is 6.72 Å². The van der Waals surface area contributed by atoms with E-state index in [0.717, 1.165) is 6.33 Å². The maximum atomic E-state index is 11.2. The molecule has 10 nitrogen and oxygen atoms in total. The van der Waals surface area contributed by atoms with Crippen molar-refractivity contribution in [1.82, 2.24) is 9.55 Å². The van der Waals surface area contributed by atoms with Crippen LogP contribution in [0.3, 0.4) is 0 Å². The summed E-state index contributed by atoms with van der Waals surface area (Å²) in [7, 11) is 0. The number of imidazole rings is 1. The summed E-state index contributed by atoms with van der Waals surface area (Å²) < 4.78 is 11.2. The van der Waals surface area contributed by atoms with Gasteiger partial charge in [0.15, 0.2) is 11.9 Å². The first-order chi connectivity index (χ1) is 10.7. The molecule has 0 spiro atoms. The van der Waals surface area contributed by atoms with E-state index >= 15 is 0 Å². The molecule has 0 aromatic carbocycles. The number of terminal acetylenes is 1. The normalized spacial score (nSPS) is 27.8. The minimum atomic E-state index is -3.93. The number of primary amides is 1. The molecule has 0 unspecified atom stereocenters. The fourth-order valence-electron chi connectivity index (χ4n) is 2.14. The fourth-order valence-corrected chi connectivity index (χ4v) is 2.67. The van der Waals surface area contributed by atoms with Gasteiger partial charge in [0.1, 0.15) is 24.0 Å². The summed E-state index contributed by atoms with van der Waals surface area (Å²) in [6, 6.07) is 0. The summed E-state index contributed by atoms with van der Waals surface area (Å²) in [5.74, 6) is 1.36. The number of nitrogens with zero attached hydrogens (tertiary/aromatic N) is 2. The van der Waals surface area contributed by atoms with Crippen molar-refractivity contribution >= 4 is 24.4 Å². The average molecular weight is 363 g/mol. The fraction of sp³-hybridized carbons (Fsp3) is 0.455. The summed E-state index contributed by atoms with van der Waals surface area (Å²) in [5, 5.41) is 20.0. The van der Waals surface area contributed by atoms with Gasteiger partial charge in [0.05, 0.1) is 12.9 Å². The van der Waals surface area contributed by atoms with Gasteiger partial charge in [0.2, 0.25) is 0 Å². The van der Waals surface area contributed by atoms with Crippen LogP contribution in [0.15, 0.2) is 6.33 Å². The smallest absolute Gasteiger partial charge is 0.321 e. The molecule has 1 aliphatic heterocycles. The van der Waals surface area contributed by atoms with Gasteiger partial charge in [-0.15, -0.1) is 6.42 Å². The summed E-state index contributed by atoms with van der Waals surface area (Å²) in [6.07, 6.45) is 1.35. The van der Waals surface area contributed by atoms with Crippen molar-refractivity contribution in [3.8, 4) is 12.3 Å². The van der Waals surface area contributed by atoms with Crippen molar-refractivity contribution in [2.45, 2.75) is 24.5 Å². The number of hydrogen-bond donors (Lipinski definition) is 5. The van der Waals surface area contributed by atoms with Crippen molar-refractivity contribution in [3.05, 3.63) is 17.7 Å². The molecule has 1 aliphatic rings. The molecule has 23 heavy (non-hydrogen) atoms. The third kappa shape index (κ3) is 3.77. The Kier molecular flexibility index (Phi) is 5.20. The van der Waals surface area contributed by atoms with Gasteiger partial charge in [-0.2, -0.15) is 0 Å². The number of hydrogen-bond acceptors (Lipinski definition) is 7. The lowest BCUT2D eigenvalue weighted by Gasteiger charge is -2.17. The maximum absolute atomic E-state index is 11.2. The first-order valence-electron chi connectivity index (χ1n) is 6.20. The van der Waals surface area contributed by atoms with E-state index in [1.807, 2.05) is 0 Å². The Bertz CT molecular complexity index is 696. The molecule has 6 N–H and O–H groups in total. The largest absolute Gasteiger partial charge is 0.387 e. The molecule has 126 valence electrons. The molecule has 4 atom stereocenters. The highest BCUT2D eigenvalue weighted by Crippen LogP contribution is 2.39. The molecule has 1 fully saturated rings. The lowest BCUT2D eigenvalue weighted by molar-refractivity contribution is -0.0507. The van der Waals surface area contributed by atoms with Crippen LogP contribution in [0, 0.1) is 12.3 Å². The number of carbonyl (C=O) groups excluding carboxylic acids is 1. The zero-order valence-electron chi connectivity index (χ0n) is 11.5. The SMILES string of the molecule is C#Cc1c(C(N)=O)ncn1[C@@H]1O[C@H](COP(O)(O)=S)[C@@H](O)[C@H]1O. The Morgan fingerprint density at radius 2 is 2.22 bits per heavy atom. The molecule has 0 saturated carbocycles. The molecule has 12 heteroatoms. The lowest BCUT2D eigenvalue weighted by Crippen LogP contribution is -2.33. The van der Waals surface area contributed by atoms with Crippen LogP contribution in [0.1, 0.15) is 22.4 Å². The second-order valence-corrected chi connectivity index (χ2v) is 7.36. The number of aliphatic hydroxyl groups is 2. The second kappa shape index (κ2) is 6.64. The Hall–Kier alpha value is -1.35. The summed E-state index contributed by atoms with van der Waals surface area (Å²) in [6.45, 7) is -4.39. The van der Waals surface area contributed by atoms with Gasteiger partial charge in [-0.3, -0.25) is 9.36 Å². The van der Waals surface area contributed by atoms with Gasteiger partial charge in [-0.05, 0) is 17.7 Å². The quantitative estimate of drug-likeness (QED) is 0.289. The number of ether oxygens (including phenoxy) is 1. The van der Waals surface area contributed by atoms with Crippen molar-refractivity contribution in [1.29, 1.82) is 0 Å². The number of carbonyl (C=O) groups is 1. The highest BCUT2D eigenvalue weighted by molar-refractivity contribution is 8.06. The van der Waals surface area contributed by atoms with Crippen LogP contribution in [0.2, 0.25) is 0 Å². The van der Waals surface area contributed by atoms with Gasteiger partial charge < -0.3 is 35.0 Å². The maximum Gasteiger partial charge on any atom is 0.321 e. The molecule has 0 radical (unpaired) electrons. The van der Waals surface area contributed by atoms with E-state index in [-0.39, 0.29) is 11.4 Å². The topological polar surface area (TPSA) is 160 Å². The lowest BCUT2D eigenvalue weighted by atomic mass is 10.1. The van der Waals surface area contributed by atoms with E-state index in [4.69, 9.17) is 26.7 Å². The Balaban J connectivity index is 2.23. The number of amides is 1. The van der Waals surface area contributed by atoms with Crippen LogP contribution in [0.5, 0.6) is 0 Å². The number of nitrogens with two attached hydrogens (primary N) is 1. The van der Waals surface area contributed by atoms with E-state index in [1.165, 1.54) is 4.57 Å². The molecule has 1 saturated heterocycles. The minimum Gasteiger partial charge on any atom is -0.387 e. The molecule has 2 heterocycles. The third-order valence-corrected chi connectivity index (χ3v) is 3.98. The monoisotopic (exact) mass is 363 g/mol. The number of aliphatic hydroxyl groups excluding tert-OH is 2. The Morgan fingerprint density at radius 1 is 1.57 bits per heavy atom. The Labute approximate surface area is 135 Å². The molecular weight excluding hydrogens is 349 g/mol. The van der Waals surface area contributed by atoms with Crippen molar-refractivity contribution in [2.75, 3.05) is 6.61 Å². The first-order valence-corrected chi connectivity index (χ1v) is 8.83. The molecule has 1 aromatic rings. The van der Waals surface area contributed by atoms with Gasteiger partial charge in [0.25, 0.3) is 5.91 Å². The molecule has 1 aromatic heterocycles. The number of rotatable bonds is 5. The van der Waals surface area contributed by atoms with Gasteiger partial charge >= 0.3 is 6.72 Å². The minimum absolute atomic E-state index is 0.0234. The zero-order valence-corrected chi connectivity index (χ0v) is 13.2. The number of aromatic nitrogens is 2. The highest BCUT2D eigenvalue weighted by atomic mass is 32.5. The van der Waals surface area contributed by atoms with Gasteiger partial charge in [-0.25, -0.2) is 4.98 Å². The van der Waals surface area contributed by atoms with Gasteiger partial charge in [-0.1, -0.05) is 0 Å². The zero-order chi connectivity index (χ0) is 17.4. The van der Waals surface area contributed by atoms with E-state index in [1.54, 1.807) is 0 Å². The van der Waals surface area contributed by atoms with E-state index in [2.05, 4.69) is 27.2 Å². The summed E-state index contributed by atoms with van der Waals surface area (Å²) in [5.41, 5.74) is 4.94. The van der Waals surface area contributed by atoms with Crippen LogP contribution in [0.25, 0.3) is 0 Å². The van der Waals surface area contributed by atoms with E-state index in [0.29, 0.717) is 0 Å². The van der Waals surface area contributed by atoms with Crippen LogP contribution in [0.4, 0.5) is 0 Å². The predicted octanol–water partition coefficient (Wildman–Crippen LogP) is -2.19. The summed E-state index contributed by atoms with van der Waals surface area (Å²) >= 11 is 4.29. The first kappa shape index (κ1) is 18.0. The van der Waals surface area contributed by atoms with Crippen LogP contribution in [-0.4, -0.2) is 60.4 Å². The molecular formula is C11H14N3O7PS. The van der Waals surface area contributed by atoms with Crippen LogP contribution in [-0.2, 0) is 21.1 Å². The van der Waals surface area contributed by atoms with E-state index in [9.17, 15) is 15.0 Å². The molecule has 1 amide bonds.